The molecule has 4 rings (SSSR count). The molecule has 0 fully saturated rings. The molecule has 2 aromatic heterocycles. The number of esters is 1. The molecule has 0 atom stereocenters. The summed E-state index contributed by atoms with van der Waals surface area (Å²) in [4.78, 5) is 25.5. The quantitative estimate of drug-likeness (QED) is 0.312. The minimum absolute atomic E-state index is 0.00122. The number of carbonyl (C=O) groups excluding carboxylic acids is 2. The molecule has 0 saturated carbocycles. The number of nitrogens with two attached hydrogens (primary N) is 1. The molecule has 2 heterocycles. The second-order valence-electron chi connectivity index (χ2n) is 8.11. The van der Waals surface area contributed by atoms with Gasteiger partial charge in [-0.2, -0.15) is 5.10 Å². The van der Waals surface area contributed by atoms with E-state index in [0.717, 1.165) is 11.4 Å². The van der Waals surface area contributed by atoms with Gasteiger partial charge in [0.1, 0.15) is 0 Å². The number of aryl methyl sites for hydroxylation is 2. The highest BCUT2D eigenvalue weighted by atomic mass is 32.2. The van der Waals surface area contributed by atoms with Crippen LogP contribution in [0.3, 0.4) is 0 Å². The average Bonchev–Trinajstić information content (AvgIpc) is 3.39. The van der Waals surface area contributed by atoms with Crippen molar-refractivity contribution in [1.29, 1.82) is 0 Å². The van der Waals surface area contributed by atoms with Crippen LogP contribution in [-0.2, 0) is 14.8 Å². The Bertz CT molecular complexity index is 1530. The number of aromatic nitrogens is 3. The van der Waals surface area contributed by atoms with Crippen molar-refractivity contribution in [3.8, 4) is 11.4 Å². The number of sulfonamides is 1. The lowest BCUT2D eigenvalue weighted by molar-refractivity contribution is 0.0474. The fourth-order valence-electron chi connectivity index (χ4n) is 3.85. The fraction of sp³-hybridized carbons (Fsp3) is 0.160. The van der Waals surface area contributed by atoms with Gasteiger partial charge < -0.3 is 9.30 Å². The highest BCUT2D eigenvalue weighted by Gasteiger charge is 2.19. The van der Waals surface area contributed by atoms with Gasteiger partial charge in [0.25, 0.3) is 0 Å². The van der Waals surface area contributed by atoms with Crippen LogP contribution in [0, 0.1) is 20.8 Å². The summed E-state index contributed by atoms with van der Waals surface area (Å²) >= 11 is 0. The van der Waals surface area contributed by atoms with E-state index in [-0.39, 0.29) is 10.7 Å². The fourth-order valence-corrected chi connectivity index (χ4v) is 4.37. The smallest absolute Gasteiger partial charge is 0.338 e. The molecule has 0 spiro atoms. The van der Waals surface area contributed by atoms with Gasteiger partial charge in [0.2, 0.25) is 15.8 Å². The van der Waals surface area contributed by atoms with Crippen LogP contribution in [0.5, 0.6) is 0 Å². The lowest BCUT2D eigenvalue weighted by Gasteiger charge is -2.11. The van der Waals surface area contributed by atoms with Crippen LogP contribution in [0.2, 0.25) is 0 Å². The second-order valence-corrected chi connectivity index (χ2v) is 9.67. The molecule has 2 aromatic carbocycles. The first kappa shape index (κ1) is 24.1. The van der Waals surface area contributed by atoms with Crippen molar-refractivity contribution in [2.45, 2.75) is 25.7 Å². The highest BCUT2D eigenvalue weighted by Crippen LogP contribution is 2.23. The van der Waals surface area contributed by atoms with Crippen molar-refractivity contribution in [2.75, 3.05) is 6.61 Å². The predicted molar refractivity (Wildman–Crippen MR) is 130 cm³/mol. The van der Waals surface area contributed by atoms with Crippen molar-refractivity contribution in [3.63, 3.8) is 0 Å². The summed E-state index contributed by atoms with van der Waals surface area (Å²) in [5.41, 5.74) is 4.35. The summed E-state index contributed by atoms with van der Waals surface area (Å²) in [5, 5.41) is 9.49. The zero-order valence-corrected chi connectivity index (χ0v) is 20.2. The van der Waals surface area contributed by atoms with Crippen LogP contribution in [0.4, 0.5) is 0 Å². The number of Topliss-reactive ketones (excluding diaryl/α,β-unsaturated/α-hetero) is 1. The van der Waals surface area contributed by atoms with Gasteiger partial charge in [-0.05, 0) is 75.4 Å². The summed E-state index contributed by atoms with van der Waals surface area (Å²) < 4.78 is 31.8. The summed E-state index contributed by atoms with van der Waals surface area (Å²) in [6.45, 7) is 5.05. The number of hydrogen-bond acceptors (Lipinski definition) is 6. The number of carbonyl (C=O) groups is 2. The van der Waals surface area contributed by atoms with Crippen molar-refractivity contribution >= 4 is 21.8 Å². The summed E-state index contributed by atoms with van der Waals surface area (Å²) in [6.07, 6.45) is 1.79. The largest absolute Gasteiger partial charge is 0.454 e. The predicted octanol–water partition coefficient (Wildman–Crippen LogP) is 3.28. The number of ether oxygens (including phenoxy) is 1. The third-order valence-electron chi connectivity index (χ3n) is 5.56. The molecule has 0 unspecified atom stereocenters. The molecule has 2 N–H and O–H groups in total. The summed E-state index contributed by atoms with van der Waals surface area (Å²) in [6, 6.07) is 16.4. The Morgan fingerprint density at radius 2 is 1.69 bits per heavy atom. The Balaban J connectivity index is 1.49. The molecule has 0 amide bonds. The van der Waals surface area contributed by atoms with E-state index in [1.54, 1.807) is 54.2 Å². The van der Waals surface area contributed by atoms with Crippen LogP contribution in [0.15, 0.2) is 71.8 Å². The van der Waals surface area contributed by atoms with Gasteiger partial charge in [0.05, 0.1) is 21.8 Å². The zero-order chi connectivity index (χ0) is 25.3. The number of benzene rings is 2. The topological polar surface area (TPSA) is 126 Å². The van der Waals surface area contributed by atoms with Gasteiger partial charge in [0, 0.05) is 28.8 Å². The first-order valence-corrected chi connectivity index (χ1v) is 12.2. The third kappa shape index (κ3) is 5.08. The Hall–Kier alpha value is -4.02. The van der Waals surface area contributed by atoms with Crippen molar-refractivity contribution in [3.05, 3.63) is 95.1 Å². The molecule has 0 bridgehead atoms. The van der Waals surface area contributed by atoms with E-state index in [1.165, 1.54) is 12.1 Å². The maximum absolute atomic E-state index is 12.9. The normalized spacial score (nSPS) is 11.4. The lowest BCUT2D eigenvalue weighted by atomic mass is 10.1. The van der Waals surface area contributed by atoms with E-state index in [9.17, 15) is 18.0 Å². The number of ketones is 1. The highest BCUT2D eigenvalue weighted by molar-refractivity contribution is 7.89. The summed E-state index contributed by atoms with van der Waals surface area (Å²) in [5.74, 6) is -0.964. The Kier molecular flexibility index (Phi) is 6.42. The van der Waals surface area contributed by atoms with E-state index >= 15 is 0 Å². The van der Waals surface area contributed by atoms with Crippen molar-refractivity contribution in [1.82, 2.24) is 14.3 Å². The number of primary sulfonamides is 1. The Morgan fingerprint density at radius 1 is 0.971 bits per heavy atom. The molecular weight excluding hydrogens is 468 g/mol. The molecule has 0 saturated heterocycles. The van der Waals surface area contributed by atoms with Gasteiger partial charge in [0.15, 0.2) is 6.61 Å². The first-order chi connectivity index (χ1) is 16.5. The van der Waals surface area contributed by atoms with E-state index < -0.39 is 22.6 Å². The van der Waals surface area contributed by atoms with E-state index in [4.69, 9.17) is 9.88 Å². The van der Waals surface area contributed by atoms with Crippen molar-refractivity contribution in [2.24, 2.45) is 5.14 Å². The van der Waals surface area contributed by atoms with Gasteiger partial charge in [-0.3, -0.25) is 4.79 Å². The van der Waals surface area contributed by atoms with Crippen molar-refractivity contribution < 1.29 is 22.7 Å². The Morgan fingerprint density at radius 3 is 2.31 bits per heavy atom. The SMILES string of the molecule is Cc1ccn(-c2cccc(C(=O)OCC(=O)c3cc(C)n(-c4ccc(S(N)(=O)=O)cc4)c3C)c2)n1. The maximum Gasteiger partial charge on any atom is 0.338 e. The number of nitrogens with zero attached hydrogens (tertiary/aromatic N) is 3. The average molecular weight is 493 g/mol. The Labute approximate surface area is 202 Å². The van der Waals surface area contributed by atoms with E-state index in [1.807, 2.05) is 30.5 Å². The minimum Gasteiger partial charge on any atom is -0.454 e. The maximum atomic E-state index is 12.9. The van der Waals surface area contributed by atoms with Gasteiger partial charge in [-0.15, -0.1) is 0 Å². The van der Waals surface area contributed by atoms with Crippen LogP contribution < -0.4 is 5.14 Å². The van der Waals surface area contributed by atoms with Gasteiger partial charge in [-0.1, -0.05) is 6.07 Å². The molecule has 0 radical (unpaired) electrons. The van der Waals surface area contributed by atoms with E-state index in [0.29, 0.717) is 28.2 Å². The molecule has 180 valence electrons. The molecule has 9 nitrogen and oxygen atoms in total. The minimum atomic E-state index is -3.80. The van der Waals surface area contributed by atoms with Crippen LogP contribution in [0.25, 0.3) is 11.4 Å². The van der Waals surface area contributed by atoms with E-state index in [2.05, 4.69) is 5.10 Å². The zero-order valence-electron chi connectivity index (χ0n) is 19.4. The molecule has 35 heavy (non-hydrogen) atoms. The second kappa shape index (κ2) is 9.32. The molecule has 10 heteroatoms. The third-order valence-corrected chi connectivity index (χ3v) is 6.49. The number of hydrogen-bond donors (Lipinski definition) is 1. The number of rotatable bonds is 7. The molecule has 4 aromatic rings. The molecular formula is C25H24N4O5S. The first-order valence-electron chi connectivity index (χ1n) is 10.7. The molecule has 0 aliphatic carbocycles. The van der Waals surface area contributed by atoms with Crippen LogP contribution >= 0.6 is 0 Å². The van der Waals surface area contributed by atoms with Crippen LogP contribution in [-0.4, -0.2) is 41.1 Å². The van der Waals surface area contributed by atoms with Crippen LogP contribution in [0.1, 0.15) is 37.8 Å². The van der Waals surface area contributed by atoms with Gasteiger partial charge in [-0.25, -0.2) is 23.0 Å². The molecule has 0 aliphatic heterocycles. The lowest BCUT2D eigenvalue weighted by Crippen LogP contribution is -2.15. The molecule has 0 aliphatic rings. The standard InChI is InChI=1S/C25H24N4O5S/c1-16-11-12-28(27-16)21-6-4-5-19(14-21)25(31)34-15-24(30)23-13-17(2)29(18(23)3)20-7-9-22(10-8-20)35(26,32)33/h4-14H,15H2,1-3H3,(H2,26,32,33). The van der Waals surface area contributed by atoms with Gasteiger partial charge >= 0.3 is 5.97 Å². The summed E-state index contributed by atoms with van der Waals surface area (Å²) in [7, 11) is -3.80. The monoisotopic (exact) mass is 492 g/mol.